The van der Waals surface area contributed by atoms with E-state index in [-0.39, 0.29) is 29.9 Å². The Hall–Kier alpha value is -2.51. The van der Waals surface area contributed by atoms with Crippen molar-refractivity contribution in [1.29, 1.82) is 0 Å². The normalized spacial score (nSPS) is 16.5. The van der Waals surface area contributed by atoms with Crippen LogP contribution >= 0.6 is 23.4 Å². The third-order valence-electron chi connectivity index (χ3n) is 3.98. The minimum atomic E-state index is -0.574. The zero-order valence-electron chi connectivity index (χ0n) is 14.5. The average Bonchev–Trinajstić information content (AvgIpc) is 2.95. The Morgan fingerprint density at radius 1 is 1.19 bits per heavy atom. The molecule has 1 fully saturated rings. The standard InChI is InChI=1S/C19H17ClN2O4S/c1-26-15-8-4-13(5-9-15)21-17(23)11-27-16-10-18(24)22(19(16)25)14-6-2-12(20)3-7-14/h2-9,16H,10-11H2,1H3,(H,21,23). The van der Waals surface area contributed by atoms with Crippen molar-refractivity contribution in [3.63, 3.8) is 0 Å². The fourth-order valence-electron chi connectivity index (χ4n) is 2.64. The highest BCUT2D eigenvalue weighted by atomic mass is 35.5. The first kappa shape index (κ1) is 19.3. The van der Waals surface area contributed by atoms with Gasteiger partial charge in [-0.25, -0.2) is 4.90 Å². The van der Waals surface area contributed by atoms with Gasteiger partial charge in [-0.15, -0.1) is 11.8 Å². The van der Waals surface area contributed by atoms with E-state index >= 15 is 0 Å². The Morgan fingerprint density at radius 3 is 2.48 bits per heavy atom. The predicted octanol–water partition coefficient (Wildman–Crippen LogP) is 3.35. The van der Waals surface area contributed by atoms with Gasteiger partial charge in [0.2, 0.25) is 17.7 Å². The molecule has 0 spiro atoms. The van der Waals surface area contributed by atoms with Gasteiger partial charge in [0, 0.05) is 17.1 Å². The molecule has 1 aliphatic heterocycles. The molecular weight excluding hydrogens is 388 g/mol. The zero-order valence-corrected chi connectivity index (χ0v) is 16.0. The van der Waals surface area contributed by atoms with Crippen LogP contribution in [0.3, 0.4) is 0 Å². The van der Waals surface area contributed by atoms with E-state index in [2.05, 4.69) is 5.32 Å². The fraction of sp³-hybridized carbons (Fsp3) is 0.211. The van der Waals surface area contributed by atoms with Crippen molar-refractivity contribution in [2.45, 2.75) is 11.7 Å². The highest BCUT2D eigenvalue weighted by Gasteiger charge is 2.40. The van der Waals surface area contributed by atoms with Crippen LogP contribution in [0.5, 0.6) is 5.75 Å². The lowest BCUT2D eigenvalue weighted by Gasteiger charge is -2.15. The van der Waals surface area contributed by atoms with Gasteiger partial charge in [0.1, 0.15) is 5.75 Å². The number of hydrogen-bond donors (Lipinski definition) is 1. The largest absolute Gasteiger partial charge is 0.497 e. The van der Waals surface area contributed by atoms with Gasteiger partial charge in [-0.05, 0) is 48.5 Å². The highest BCUT2D eigenvalue weighted by Crippen LogP contribution is 2.30. The molecule has 0 bridgehead atoms. The van der Waals surface area contributed by atoms with Crippen molar-refractivity contribution < 1.29 is 19.1 Å². The van der Waals surface area contributed by atoms with Crippen molar-refractivity contribution in [1.82, 2.24) is 0 Å². The molecule has 1 heterocycles. The molecule has 1 aliphatic rings. The molecule has 6 nitrogen and oxygen atoms in total. The highest BCUT2D eigenvalue weighted by molar-refractivity contribution is 8.01. The second kappa shape index (κ2) is 8.45. The van der Waals surface area contributed by atoms with E-state index in [0.29, 0.717) is 22.1 Å². The van der Waals surface area contributed by atoms with Crippen LogP contribution in [0, 0.1) is 0 Å². The Kier molecular flexibility index (Phi) is 6.03. The molecule has 0 aromatic heterocycles. The first-order valence-electron chi connectivity index (χ1n) is 8.16. The molecule has 0 aliphatic carbocycles. The number of anilines is 2. The van der Waals surface area contributed by atoms with Crippen molar-refractivity contribution in [2.24, 2.45) is 0 Å². The summed E-state index contributed by atoms with van der Waals surface area (Å²) in [7, 11) is 1.57. The maximum atomic E-state index is 12.5. The van der Waals surface area contributed by atoms with Gasteiger partial charge in [-0.3, -0.25) is 14.4 Å². The minimum absolute atomic E-state index is 0.0714. The van der Waals surface area contributed by atoms with Gasteiger partial charge in [-0.2, -0.15) is 0 Å². The first-order valence-corrected chi connectivity index (χ1v) is 9.58. The van der Waals surface area contributed by atoms with Crippen LogP contribution in [-0.4, -0.2) is 35.8 Å². The monoisotopic (exact) mass is 404 g/mol. The van der Waals surface area contributed by atoms with E-state index in [0.717, 1.165) is 16.7 Å². The van der Waals surface area contributed by atoms with Gasteiger partial charge in [0.15, 0.2) is 0 Å². The molecule has 3 rings (SSSR count). The summed E-state index contributed by atoms with van der Waals surface area (Å²) in [5.41, 5.74) is 1.12. The van der Waals surface area contributed by atoms with Crippen LogP contribution in [0.1, 0.15) is 6.42 Å². The number of nitrogens with one attached hydrogen (secondary N) is 1. The number of rotatable bonds is 6. The zero-order chi connectivity index (χ0) is 19.4. The number of benzene rings is 2. The third kappa shape index (κ3) is 4.61. The van der Waals surface area contributed by atoms with Crippen LogP contribution < -0.4 is 15.0 Å². The maximum absolute atomic E-state index is 12.5. The summed E-state index contributed by atoms with van der Waals surface area (Å²) in [5, 5.41) is 2.71. The number of halogens is 1. The van der Waals surface area contributed by atoms with Gasteiger partial charge in [0.05, 0.1) is 23.8 Å². The lowest BCUT2D eigenvalue weighted by atomic mass is 10.3. The number of hydrogen-bond acceptors (Lipinski definition) is 5. The Balaban J connectivity index is 1.56. The molecule has 1 atom stereocenters. The van der Waals surface area contributed by atoms with Crippen molar-refractivity contribution in [3.05, 3.63) is 53.6 Å². The summed E-state index contributed by atoms with van der Waals surface area (Å²) < 4.78 is 5.07. The smallest absolute Gasteiger partial charge is 0.247 e. The van der Waals surface area contributed by atoms with E-state index in [9.17, 15) is 14.4 Å². The third-order valence-corrected chi connectivity index (χ3v) is 5.43. The van der Waals surface area contributed by atoms with Gasteiger partial charge < -0.3 is 10.1 Å². The Morgan fingerprint density at radius 2 is 1.85 bits per heavy atom. The van der Waals surface area contributed by atoms with E-state index < -0.39 is 5.25 Å². The SMILES string of the molecule is COc1ccc(NC(=O)CSC2CC(=O)N(c3ccc(Cl)cc3)C2=O)cc1. The number of ether oxygens (including phenoxy) is 1. The molecule has 3 amide bonds. The predicted molar refractivity (Wildman–Crippen MR) is 106 cm³/mol. The molecule has 0 saturated carbocycles. The molecular formula is C19H17ClN2O4S. The molecule has 1 saturated heterocycles. The number of amides is 3. The number of methoxy groups -OCH3 is 1. The van der Waals surface area contributed by atoms with Crippen molar-refractivity contribution in [2.75, 3.05) is 23.1 Å². The van der Waals surface area contributed by atoms with Crippen LogP contribution in [0.4, 0.5) is 11.4 Å². The minimum Gasteiger partial charge on any atom is -0.497 e. The summed E-state index contributed by atoms with van der Waals surface area (Å²) in [4.78, 5) is 38.0. The molecule has 2 aromatic carbocycles. The second-order valence-corrected chi connectivity index (χ2v) is 7.45. The summed E-state index contributed by atoms with van der Waals surface area (Å²) in [5.74, 6) is -0.0699. The number of carbonyl (C=O) groups is 3. The fourth-order valence-corrected chi connectivity index (χ4v) is 3.70. The quantitative estimate of drug-likeness (QED) is 0.747. The molecule has 140 valence electrons. The summed E-state index contributed by atoms with van der Waals surface area (Å²) in [6.07, 6.45) is 0.0714. The number of nitrogens with zero attached hydrogens (tertiary/aromatic N) is 1. The number of imide groups is 1. The topological polar surface area (TPSA) is 75.7 Å². The van der Waals surface area contributed by atoms with Crippen LogP contribution in [-0.2, 0) is 14.4 Å². The summed E-state index contributed by atoms with van der Waals surface area (Å²) in [6, 6.07) is 13.4. The second-order valence-electron chi connectivity index (χ2n) is 5.82. The van der Waals surface area contributed by atoms with Crippen molar-refractivity contribution in [3.8, 4) is 5.75 Å². The average molecular weight is 405 g/mol. The molecule has 2 aromatic rings. The molecule has 1 N–H and O–H groups in total. The van der Waals surface area contributed by atoms with E-state index in [1.165, 1.54) is 0 Å². The number of thioether (sulfide) groups is 1. The summed E-state index contributed by atoms with van der Waals surface area (Å²) >= 11 is 7.00. The van der Waals surface area contributed by atoms with Gasteiger partial charge in [0.25, 0.3) is 0 Å². The molecule has 8 heteroatoms. The maximum Gasteiger partial charge on any atom is 0.247 e. The van der Waals surface area contributed by atoms with E-state index in [1.807, 2.05) is 0 Å². The van der Waals surface area contributed by atoms with E-state index in [1.54, 1.807) is 55.6 Å². The van der Waals surface area contributed by atoms with Gasteiger partial charge in [-0.1, -0.05) is 11.6 Å². The Labute approximate surface area is 165 Å². The van der Waals surface area contributed by atoms with Gasteiger partial charge >= 0.3 is 0 Å². The van der Waals surface area contributed by atoms with Crippen LogP contribution in [0.2, 0.25) is 5.02 Å². The first-order chi connectivity index (χ1) is 13.0. The molecule has 0 radical (unpaired) electrons. The van der Waals surface area contributed by atoms with Crippen molar-refractivity contribution >= 4 is 52.5 Å². The van der Waals surface area contributed by atoms with E-state index in [4.69, 9.17) is 16.3 Å². The van der Waals surface area contributed by atoms with Crippen LogP contribution in [0.15, 0.2) is 48.5 Å². The molecule has 27 heavy (non-hydrogen) atoms. The summed E-state index contributed by atoms with van der Waals surface area (Å²) in [6.45, 7) is 0. The van der Waals surface area contributed by atoms with Crippen LogP contribution in [0.25, 0.3) is 0 Å². The molecule has 1 unspecified atom stereocenters. The lowest BCUT2D eigenvalue weighted by molar-refractivity contribution is -0.121. The number of carbonyl (C=O) groups excluding carboxylic acids is 3. The Bertz CT molecular complexity index is 855. The lowest BCUT2D eigenvalue weighted by Crippen LogP contribution is -2.31.